The predicted octanol–water partition coefficient (Wildman–Crippen LogP) is 2.80. The molecule has 0 unspecified atom stereocenters. The number of anilines is 2. The zero-order valence-electron chi connectivity index (χ0n) is 17.1. The molecule has 1 aromatic heterocycles. The van der Waals surface area contributed by atoms with Crippen molar-refractivity contribution in [3.63, 3.8) is 0 Å². The molecular weight excluding hydrogens is 452 g/mol. The molecule has 164 valence electrons. The Labute approximate surface area is 188 Å². The number of benzene rings is 2. The fraction of sp³-hybridized carbons (Fsp3) is 0.143. The summed E-state index contributed by atoms with van der Waals surface area (Å²) in [7, 11) is -1.25. The van der Waals surface area contributed by atoms with Gasteiger partial charge in [-0.2, -0.15) is 0 Å². The highest BCUT2D eigenvalue weighted by molar-refractivity contribution is 7.99. The lowest BCUT2D eigenvalue weighted by Gasteiger charge is -2.28. The highest BCUT2D eigenvalue weighted by Crippen LogP contribution is 2.42. The molecule has 0 fully saturated rings. The maximum atomic E-state index is 13.0. The summed E-state index contributed by atoms with van der Waals surface area (Å²) in [5, 5.41) is 3.03. The monoisotopic (exact) mass is 470 g/mol. The number of fused-ring (bicyclic) bond motifs is 3. The van der Waals surface area contributed by atoms with Crippen LogP contribution in [0.15, 0.2) is 64.8 Å². The second-order valence-electron chi connectivity index (χ2n) is 6.76. The van der Waals surface area contributed by atoms with Crippen molar-refractivity contribution in [2.75, 3.05) is 29.5 Å². The van der Waals surface area contributed by atoms with Gasteiger partial charge in [0.2, 0.25) is 5.91 Å². The lowest BCUT2D eigenvalue weighted by atomic mass is 10.1. The maximum Gasteiger partial charge on any atom is 0.337 e. The van der Waals surface area contributed by atoms with Gasteiger partial charge >= 0.3 is 5.97 Å². The van der Waals surface area contributed by atoms with E-state index >= 15 is 0 Å². The van der Waals surface area contributed by atoms with Crippen molar-refractivity contribution in [2.45, 2.75) is 10.1 Å². The van der Waals surface area contributed by atoms with Gasteiger partial charge in [-0.05, 0) is 30.3 Å². The molecular formula is C21H18N4O5S2. The zero-order chi connectivity index (χ0) is 22.9. The lowest BCUT2D eigenvalue weighted by molar-refractivity contribution is -0.113. The van der Waals surface area contributed by atoms with E-state index < -0.39 is 16.0 Å². The number of hydrogen-bond donors (Lipinski definition) is 1. The van der Waals surface area contributed by atoms with Crippen LogP contribution in [0, 0.1) is 0 Å². The molecule has 2 aromatic carbocycles. The van der Waals surface area contributed by atoms with E-state index in [4.69, 9.17) is 4.74 Å². The van der Waals surface area contributed by atoms with E-state index in [9.17, 15) is 18.0 Å². The highest BCUT2D eigenvalue weighted by Gasteiger charge is 2.35. The van der Waals surface area contributed by atoms with Gasteiger partial charge in [0.1, 0.15) is 4.90 Å². The van der Waals surface area contributed by atoms with Crippen molar-refractivity contribution in [1.82, 2.24) is 9.97 Å². The number of hydrogen-bond acceptors (Lipinski definition) is 8. The van der Waals surface area contributed by atoms with Crippen LogP contribution in [0.3, 0.4) is 0 Å². The molecule has 9 nitrogen and oxygen atoms in total. The van der Waals surface area contributed by atoms with E-state index in [1.54, 1.807) is 24.3 Å². The molecule has 0 saturated carbocycles. The van der Waals surface area contributed by atoms with Gasteiger partial charge in [-0.1, -0.05) is 30.0 Å². The molecule has 1 aliphatic heterocycles. The average molecular weight is 471 g/mol. The van der Waals surface area contributed by atoms with Crippen molar-refractivity contribution in [3.05, 3.63) is 60.3 Å². The number of amides is 1. The molecule has 1 N–H and O–H groups in total. The fourth-order valence-corrected chi connectivity index (χ4v) is 5.08. The van der Waals surface area contributed by atoms with Crippen LogP contribution in [0.25, 0.3) is 11.3 Å². The molecule has 0 aliphatic carbocycles. The summed E-state index contributed by atoms with van der Waals surface area (Å²) in [4.78, 5) is 32.6. The summed E-state index contributed by atoms with van der Waals surface area (Å²) in [6, 6.07) is 13.6. The second kappa shape index (κ2) is 8.60. The summed E-state index contributed by atoms with van der Waals surface area (Å²) >= 11 is 1.09. The molecule has 3 aromatic rings. The van der Waals surface area contributed by atoms with Gasteiger partial charge in [0.25, 0.3) is 10.0 Å². The van der Waals surface area contributed by atoms with E-state index in [2.05, 4.69) is 15.3 Å². The van der Waals surface area contributed by atoms with Crippen LogP contribution in [-0.4, -0.2) is 50.2 Å². The van der Waals surface area contributed by atoms with Crippen LogP contribution in [-0.2, 0) is 19.6 Å². The number of carbonyl (C=O) groups is 2. The topological polar surface area (TPSA) is 119 Å². The number of carbonyl (C=O) groups excluding carboxylic acids is 2. The SMILES string of the molecule is COC(=O)c1ccc2c(c1)N(C)S(=O)(=O)c1cnc(SCC(=O)Nc3ccccc3)nc1-2. The summed E-state index contributed by atoms with van der Waals surface area (Å²) in [5.74, 6) is -0.764. The Bertz CT molecular complexity index is 1310. The zero-order valence-corrected chi connectivity index (χ0v) is 18.7. The van der Waals surface area contributed by atoms with E-state index in [0.717, 1.165) is 16.1 Å². The van der Waals surface area contributed by atoms with Gasteiger partial charge in [0.15, 0.2) is 5.16 Å². The first-order valence-corrected chi connectivity index (χ1v) is 11.8. The highest BCUT2D eigenvalue weighted by atomic mass is 32.2. The number of ether oxygens (including phenoxy) is 1. The number of para-hydroxylation sites is 1. The lowest BCUT2D eigenvalue weighted by Crippen LogP contribution is -2.31. The van der Waals surface area contributed by atoms with Crippen LogP contribution >= 0.6 is 11.8 Å². The van der Waals surface area contributed by atoms with Gasteiger partial charge in [0.05, 0.1) is 36.0 Å². The number of methoxy groups -OCH3 is 1. The standard InChI is InChI=1S/C21H18N4O5S2/c1-25-16-10-13(20(27)30-2)8-9-15(16)19-17(32(25,28)29)11-22-21(24-19)31-12-18(26)23-14-6-4-3-5-7-14/h3-11H,12H2,1-2H3,(H,23,26). The number of nitrogens with zero attached hydrogens (tertiary/aromatic N) is 3. The molecule has 2 heterocycles. The van der Waals surface area contributed by atoms with E-state index in [-0.39, 0.29) is 33.0 Å². The summed E-state index contributed by atoms with van der Waals surface area (Å²) in [6.07, 6.45) is 1.24. The van der Waals surface area contributed by atoms with Crippen LogP contribution in [0.4, 0.5) is 11.4 Å². The molecule has 32 heavy (non-hydrogen) atoms. The quantitative estimate of drug-likeness (QED) is 0.344. The maximum absolute atomic E-state index is 13.0. The normalized spacial score (nSPS) is 13.6. The van der Waals surface area contributed by atoms with E-state index in [0.29, 0.717) is 16.9 Å². The Kier molecular flexibility index (Phi) is 5.85. The number of thioether (sulfide) groups is 1. The Morgan fingerprint density at radius 1 is 1.16 bits per heavy atom. The molecule has 1 amide bonds. The van der Waals surface area contributed by atoms with Crippen molar-refractivity contribution >= 4 is 45.0 Å². The van der Waals surface area contributed by atoms with E-state index in [1.807, 2.05) is 18.2 Å². The van der Waals surface area contributed by atoms with Crippen LogP contribution in [0.5, 0.6) is 0 Å². The molecule has 0 bridgehead atoms. The first-order valence-electron chi connectivity index (χ1n) is 9.37. The summed E-state index contributed by atoms with van der Waals surface area (Å²) in [6.45, 7) is 0. The number of aromatic nitrogens is 2. The Morgan fingerprint density at radius 3 is 2.62 bits per heavy atom. The largest absolute Gasteiger partial charge is 0.465 e. The van der Waals surface area contributed by atoms with Gasteiger partial charge in [-0.15, -0.1) is 0 Å². The summed E-state index contributed by atoms with van der Waals surface area (Å²) < 4.78 is 31.7. The Balaban J connectivity index is 1.63. The third-order valence-electron chi connectivity index (χ3n) is 4.77. The number of rotatable bonds is 5. The molecule has 0 atom stereocenters. The molecule has 0 saturated heterocycles. The average Bonchev–Trinajstić information content (AvgIpc) is 2.81. The number of esters is 1. The van der Waals surface area contributed by atoms with Crippen LogP contribution in [0.2, 0.25) is 0 Å². The first kappa shape index (κ1) is 21.8. The molecule has 11 heteroatoms. The van der Waals surface area contributed by atoms with Crippen LogP contribution in [0.1, 0.15) is 10.4 Å². The first-order chi connectivity index (χ1) is 15.3. The third-order valence-corrected chi connectivity index (χ3v) is 7.41. The van der Waals surface area contributed by atoms with Crippen molar-refractivity contribution in [3.8, 4) is 11.3 Å². The smallest absolute Gasteiger partial charge is 0.337 e. The predicted molar refractivity (Wildman–Crippen MR) is 120 cm³/mol. The minimum absolute atomic E-state index is 0.0450. The van der Waals surface area contributed by atoms with Crippen molar-refractivity contribution < 1.29 is 22.7 Å². The Morgan fingerprint density at radius 2 is 1.91 bits per heavy atom. The van der Waals surface area contributed by atoms with Crippen LogP contribution < -0.4 is 9.62 Å². The van der Waals surface area contributed by atoms with Crippen molar-refractivity contribution in [1.29, 1.82) is 0 Å². The third kappa shape index (κ3) is 4.04. The van der Waals surface area contributed by atoms with Gasteiger partial charge < -0.3 is 10.1 Å². The Hall–Kier alpha value is -3.44. The second-order valence-corrected chi connectivity index (χ2v) is 9.64. The number of nitrogens with one attached hydrogen (secondary N) is 1. The molecule has 4 rings (SSSR count). The molecule has 0 spiro atoms. The van der Waals surface area contributed by atoms with Crippen molar-refractivity contribution in [2.24, 2.45) is 0 Å². The van der Waals surface area contributed by atoms with Gasteiger partial charge in [0, 0.05) is 18.3 Å². The van der Waals surface area contributed by atoms with Gasteiger partial charge in [-0.3, -0.25) is 9.10 Å². The number of sulfonamides is 1. The van der Waals surface area contributed by atoms with Gasteiger partial charge in [-0.25, -0.2) is 23.2 Å². The fourth-order valence-electron chi connectivity index (χ4n) is 3.17. The minimum atomic E-state index is -3.90. The molecule has 0 radical (unpaired) electrons. The minimum Gasteiger partial charge on any atom is -0.465 e. The molecule has 1 aliphatic rings. The summed E-state index contributed by atoms with van der Waals surface area (Å²) in [5.41, 5.74) is 1.95. The van der Waals surface area contributed by atoms with E-state index in [1.165, 1.54) is 26.4 Å².